The smallest absolute Gasteiger partial charge is 0.330 e. The molecular formula is C17H27IN2O6Si. The molecule has 0 spiro atoms. The molecule has 2 heterocycles. The summed E-state index contributed by atoms with van der Waals surface area (Å²) in [5.74, 6) is -0.412. The number of nitrogens with zero attached hydrogens (tertiary/aromatic N) is 1. The number of H-pyrrole nitrogens is 1. The highest BCUT2D eigenvalue weighted by Gasteiger charge is 2.43. The Balaban J connectivity index is 2.21. The first-order chi connectivity index (χ1) is 12.3. The molecule has 0 saturated carbocycles. The molecule has 0 aliphatic carbocycles. The van der Waals surface area contributed by atoms with Crippen molar-refractivity contribution < 1.29 is 18.7 Å². The van der Waals surface area contributed by atoms with E-state index < -0.39 is 44.0 Å². The van der Waals surface area contributed by atoms with E-state index in [9.17, 15) is 14.4 Å². The maximum Gasteiger partial charge on any atom is 0.330 e. The lowest BCUT2D eigenvalue weighted by atomic mass is 10.2. The molecule has 8 nitrogen and oxygen atoms in total. The van der Waals surface area contributed by atoms with E-state index in [0.717, 1.165) is 0 Å². The first-order valence-electron chi connectivity index (χ1n) is 8.79. The molecule has 2 rings (SSSR count). The highest BCUT2D eigenvalue weighted by atomic mass is 127. The van der Waals surface area contributed by atoms with Crippen LogP contribution < -0.4 is 11.2 Å². The minimum absolute atomic E-state index is 0.0356. The summed E-state index contributed by atoms with van der Waals surface area (Å²) in [6.07, 6.45) is 0.125. The quantitative estimate of drug-likeness (QED) is 0.371. The van der Waals surface area contributed by atoms with E-state index >= 15 is 0 Å². The van der Waals surface area contributed by atoms with Crippen molar-refractivity contribution in [2.75, 3.05) is 6.61 Å². The Bertz CT molecular complexity index is 813. The van der Waals surface area contributed by atoms with E-state index in [2.05, 4.69) is 38.8 Å². The zero-order valence-corrected chi connectivity index (χ0v) is 19.7. The van der Waals surface area contributed by atoms with Crippen LogP contribution in [-0.4, -0.2) is 42.7 Å². The Labute approximate surface area is 172 Å². The van der Waals surface area contributed by atoms with Crippen LogP contribution in [0.3, 0.4) is 0 Å². The van der Waals surface area contributed by atoms with E-state index in [4.69, 9.17) is 13.9 Å². The van der Waals surface area contributed by atoms with Crippen molar-refractivity contribution in [2.45, 2.75) is 70.7 Å². The molecule has 1 N–H and O–H groups in total. The van der Waals surface area contributed by atoms with Crippen LogP contribution in [0.25, 0.3) is 0 Å². The van der Waals surface area contributed by atoms with Crippen molar-refractivity contribution in [3.8, 4) is 0 Å². The molecule has 27 heavy (non-hydrogen) atoms. The minimum Gasteiger partial charge on any atom is -0.460 e. The first kappa shape index (κ1) is 22.3. The zero-order valence-electron chi connectivity index (χ0n) is 16.5. The van der Waals surface area contributed by atoms with Gasteiger partial charge in [-0.25, -0.2) is 4.79 Å². The predicted octanol–water partition coefficient (Wildman–Crippen LogP) is 2.38. The summed E-state index contributed by atoms with van der Waals surface area (Å²) in [4.78, 5) is 37.5. The molecule has 3 atom stereocenters. The average molecular weight is 510 g/mol. The number of carbonyl (C=O) groups is 1. The molecule has 0 amide bonds. The number of nitrogens with one attached hydrogen (secondary N) is 1. The summed E-state index contributed by atoms with van der Waals surface area (Å²) >= 11 is 1.86. The topological polar surface area (TPSA) is 99.6 Å². The van der Waals surface area contributed by atoms with Gasteiger partial charge in [0, 0.05) is 19.5 Å². The summed E-state index contributed by atoms with van der Waals surface area (Å²) in [6.45, 7) is 12.3. The molecular weight excluding hydrogens is 483 g/mol. The number of hydrogen-bond donors (Lipinski definition) is 1. The van der Waals surface area contributed by atoms with Crippen LogP contribution in [0.2, 0.25) is 18.1 Å². The van der Waals surface area contributed by atoms with E-state index in [-0.39, 0.29) is 11.6 Å². The normalized spacial score (nSPS) is 23.4. The monoisotopic (exact) mass is 510 g/mol. The Morgan fingerprint density at radius 3 is 2.59 bits per heavy atom. The third-order valence-electron chi connectivity index (χ3n) is 5.15. The van der Waals surface area contributed by atoms with Gasteiger partial charge in [0.15, 0.2) is 8.32 Å². The standard InChI is InChI=1S/C17H27IN2O6Si/c1-10(21)25-12-7-14(20-8-11(18)15(22)19-16(20)23)26-13(12)9-24-27(5,6)17(2,3)4/h8,12-14H,7,9H2,1-6H3,(H,19,22,23)/t12-,13+,14+/m0/s1. The molecule has 1 aromatic rings. The fourth-order valence-corrected chi connectivity index (χ4v) is 3.99. The number of hydrogen-bond acceptors (Lipinski definition) is 6. The molecule has 0 aromatic carbocycles. The van der Waals surface area contributed by atoms with Gasteiger partial charge >= 0.3 is 11.7 Å². The summed E-state index contributed by atoms with van der Waals surface area (Å²) in [5.41, 5.74) is -0.998. The van der Waals surface area contributed by atoms with E-state index in [1.165, 1.54) is 17.7 Å². The van der Waals surface area contributed by atoms with Gasteiger partial charge < -0.3 is 13.9 Å². The minimum atomic E-state index is -2.01. The van der Waals surface area contributed by atoms with Crippen molar-refractivity contribution in [1.82, 2.24) is 9.55 Å². The van der Waals surface area contributed by atoms with Gasteiger partial charge in [-0.3, -0.25) is 19.1 Å². The summed E-state index contributed by atoms with van der Waals surface area (Å²) in [6, 6.07) is 0. The van der Waals surface area contributed by atoms with Gasteiger partial charge in [0.1, 0.15) is 18.4 Å². The molecule has 10 heteroatoms. The molecule has 1 saturated heterocycles. The first-order valence-corrected chi connectivity index (χ1v) is 12.8. The maximum absolute atomic E-state index is 12.2. The molecule has 0 bridgehead atoms. The fraction of sp³-hybridized carbons (Fsp3) is 0.706. The summed E-state index contributed by atoms with van der Waals surface area (Å²) in [7, 11) is -2.01. The Morgan fingerprint density at radius 2 is 2.04 bits per heavy atom. The predicted molar refractivity (Wildman–Crippen MR) is 111 cm³/mol. The van der Waals surface area contributed by atoms with Gasteiger partial charge in [-0.1, -0.05) is 20.8 Å². The van der Waals surface area contributed by atoms with Crippen molar-refractivity contribution >= 4 is 36.9 Å². The van der Waals surface area contributed by atoms with Crippen molar-refractivity contribution in [1.29, 1.82) is 0 Å². The van der Waals surface area contributed by atoms with Crippen molar-refractivity contribution in [2.24, 2.45) is 0 Å². The van der Waals surface area contributed by atoms with Crippen LogP contribution in [-0.2, 0) is 18.7 Å². The van der Waals surface area contributed by atoms with Crippen LogP contribution >= 0.6 is 22.6 Å². The number of carbonyl (C=O) groups excluding carboxylic acids is 1. The van der Waals surface area contributed by atoms with E-state index in [0.29, 0.717) is 9.99 Å². The van der Waals surface area contributed by atoms with Gasteiger partial charge in [-0.2, -0.15) is 0 Å². The van der Waals surface area contributed by atoms with Gasteiger partial charge in [-0.05, 0) is 40.7 Å². The number of aromatic amines is 1. The lowest BCUT2D eigenvalue weighted by molar-refractivity contribution is -0.150. The lowest BCUT2D eigenvalue weighted by Crippen LogP contribution is -2.44. The molecule has 1 aromatic heterocycles. The average Bonchev–Trinajstić information content (AvgIpc) is 2.89. The van der Waals surface area contributed by atoms with Gasteiger partial charge in [-0.15, -0.1) is 0 Å². The van der Waals surface area contributed by atoms with Gasteiger partial charge in [0.05, 0.1) is 10.2 Å². The highest BCUT2D eigenvalue weighted by Crippen LogP contribution is 2.38. The Morgan fingerprint density at radius 1 is 1.41 bits per heavy atom. The van der Waals surface area contributed by atoms with Gasteiger partial charge in [0.2, 0.25) is 0 Å². The van der Waals surface area contributed by atoms with E-state index in [1.54, 1.807) is 0 Å². The van der Waals surface area contributed by atoms with Crippen LogP contribution in [0.15, 0.2) is 15.8 Å². The second-order valence-corrected chi connectivity index (χ2v) is 14.2. The SMILES string of the molecule is CC(=O)O[C@H]1C[C@H](n2cc(I)c(=O)[nH]c2=O)O[C@@H]1CO[Si](C)(C)C(C)(C)C. The molecule has 1 fully saturated rings. The van der Waals surface area contributed by atoms with Crippen LogP contribution in [0, 0.1) is 3.57 Å². The summed E-state index contributed by atoms with van der Waals surface area (Å²) in [5, 5.41) is 0.0356. The largest absolute Gasteiger partial charge is 0.460 e. The molecule has 0 radical (unpaired) electrons. The van der Waals surface area contributed by atoms with Crippen LogP contribution in [0.5, 0.6) is 0 Å². The number of halogens is 1. The number of rotatable bonds is 5. The molecule has 0 unspecified atom stereocenters. The second-order valence-electron chi connectivity index (χ2n) is 8.23. The Hall–Kier alpha value is -0.983. The third kappa shape index (κ3) is 5.30. The van der Waals surface area contributed by atoms with E-state index in [1.807, 2.05) is 22.6 Å². The number of ether oxygens (including phenoxy) is 2. The van der Waals surface area contributed by atoms with Crippen molar-refractivity contribution in [3.63, 3.8) is 0 Å². The van der Waals surface area contributed by atoms with Crippen LogP contribution in [0.1, 0.15) is 40.3 Å². The molecule has 152 valence electrons. The van der Waals surface area contributed by atoms with Gasteiger partial charge in [0.25, 0.3) is 5.56 Å². The number of aromatic nitrogens is 2. The Kier molecular flexibility index (Phi) is 6.75. The fourth-order valence-electron chi connectivity index (χ4n) is 2.54. The molecule has 1 aliphatic rings. The van der Waals surface area contributed by atoms with Crippen molar-refractivity contribution in [3.05, 3.63) is 30.6 Å². The molecule has 1 aliphatic heterocycles. The zero-order chi connectivity index (χ0) is 20.6. The number of esters is 1. The summed E-state index contributed by atoms with van der Waals surface area (Å²) < 4.78 is 19.3. The van der Waals surface area contributed by atoms with Crippen LogP contribution in [0.4, 0.5) is 0 Å². The maximum atomic E-state index is 12.2. The highest BCUT2D eigenvalue weighted by molar-refractivity contribution is 14.1. The second kappa shape index (κ2) is 8.17. The third-order valence-corrected chi connectivity index (χ3v) is 10.4. The lowest BCUT2D eigenvalue weighted by Gasteiger charge is -2.37.